The van der Waals surface area contributed by atoms with Crippen LogP contribution in [0.1, 0.15) is 33.1 Å². The molecule has 0 radical (unpaired) electrons. The lowest BCUT2D eigenvalue weighted by Crippen LogP contribution is -2.39. The normalized spacial score (nSPS) is 25.1. The molecule has 0 bridgehead atoms. The maximum Gasteiger partial charge on any atom is 0.216 e. The highest BCUT2D eigenvalue weighted by Gasteiger charge is 2.29. The SMILES string of the molecule is CC(C)S(=O)(=O)N1CCCN(CC2CC2)CC1. The summed E-state index contributed by atoms with van der Waals surface area (Å²) in [5.74, 6) is 0.892. The van der Waals surface area contributed by atoms with Gasteiger partial charge in [0.05, 0.1) is 5.25 Å². The van der Waals surface area contributed by atoms with Crippen LogP contribution in [0.2, 0.25) is 0 Å². The van der Waals surface area contributed by atoms with Gasteiger partial charge in [-0.25, -0.2) is 12.7 Å². The molecule has 2 fully saturated rings. The van der Waals surface area contributed by atoms with E-state index in [2.05, 4.69) is 4.90 Å². The van der Waals surface area contributed by atoms with E-state index in [4.69, 9.17) is 0 Å². The highest BCUT2D eigenvalue weighted by molar-refractivity contribution is 7.89. The lowest BCUT2D eigenvalue weighted by molar-refractivity contribution is 0.275. The summed E-state index contributed by atoms with van der Waals surface area (Å²) in [4.78, 5) is 2.44. The van der Waals surface area contributed by atoms with Gasteiger partial charge >= 0.3 is 0 Å². The molecule has 0 spiro atoms. The van der Waals surface area contributed by atoms with Crippen molar-refractivity contribution < 1.29 is 8.42 Å². The molecule has 2 rings (SSSR count). The quantitative estimate of drug-likeness (QED) is 0.761. The third-order valence-corrected chi connectivity index (χ3v) is 5.99. The molecule has 17 heavy (non-hydrogen) atoms. The molecule has 1 heterocycles. The van der Waals surface area contributed by atoms with Crippen molar-refractivity contribution in [2.75, 3.05) is 32.7 Å². The van der Waals surface area contributed by atoms with E-state index < -0.39 is 10.0 Å². The fourth-order valence-corrected chi connectivity index (χ4v) is 3.66. The predicted octanol–water partition coefficient (Wildman–Crippen LogP) is 1.14. The Hall–Kier alpha value is -0.130. The molecular formula is C12H24N2O2S. The molecule has 0 unspecified atom stereocenters. The number of nitrogens with zero attached hydrogens (tertiary/aromatic N) is 2. The van der Waals surface area contributed by atoms with Gasteiger partial charge in [0.25, 0.3) is 0 Å². The monoisotopic (exact) mass is 260 g/mol. The Labute approximate surface area is 105 Å². The standard InChI is InChI=1S/C12H24N2O2S/c1-11(2)17(15,16)14-7-3-6-13(8-9-14)10-12-4-5-12/h11-12H,3-10H2,1-2H3. The van der Waals surface area contributed by atoms with Crippen molar-refractivity contribution in [3.8, 4) is 0 Å². The molecule has 0 aromatic rings. The van der Waals surface area contributed by atoms with Crippen molar-refractivity contribution in [3.05, 3.63) is 0 Å². The van der Waals surface area contributed by atoms with E-state index in [0.717, 1.165) is 25.4 Å². The molecule has 2 aliphatic rings. The van der Waals surface area contributed by atoms with Crippen molar-refractivity contribution in [3.63, 3.8) is 0 Å². The van der Waals surface area contributed by atoms with Gasteiger partial charge < -0.3 is 4.90 Å². The van der Waals surface area contributed by atoms with Crippen molar-refractivity contribution in [1.82, 2.24) is 9.21 Å². The molecule has 1 saturated carbocycles. The Morgan fingerprint density at radius 2 is 1.82 bits per heavy atom. The molecular weight excluding hydrogens is 236 g/mol. The summed E-state index contributed by atoms with van der Waals surface area (Å²) in [6.45, 7) is 8.04. The van der Waals surface area contributed by atoms with Gasteiger partial charge in [0.15, 0.2) is 0 Å². The molecule has 4 nitrogen and oxygen atoms in total. The minimum Gasteiger partial charge on any atom is -0.302 e. The number of rotatable bonds is 4. The topological polar surface area (TPSA) is 40.6 Å². The van der Waals surface area contributed by atoms with E-state index in [1.807, 2.05) is 0 Å². The molecule has 0 amide bonds. The van der Waals surface area contributed by atoms with Crippen LogP contribution >= 0.6 is 0 Å². The minimum absolute atomic E-state index is 0.294. The minimum atomic E-state index is -3.05. The molecule has 1 aliphatic carbocycles. The summed E-state index contributed by atoms with van der Waals surface area (Å²) in [7, 11) is -3.05. The summed E-state index contributed by atoms with van der Waals surface area (Å²) >= 11 is 0. The van der Waals surface area contributed by atoms with Gasteiger partial charge in [-0.2, -0.15) is 0 Å². The van der Waals surface area contributed by atoms with Gasteiger partial charge in [-0.3, -0.25) is 0 Å². The van der Waals surface area contributed by atoms with Crippen LogP contribution in [0, 0.1) is 5.92 Å². The summed E-state index contributed by atoms with van der Waals surface area (Å²) in [6, 6.07) is 0. The summed E-state index contributed by atoms with van der Waals surface area (Å²) in [6.07, 6.45) is 3.70. The molecule has 0 aromatic carbocycles. The Kier molecular flexibility index (Phi) is 4.10. The predicted molar refractivity (Wildman–Crippen MR) is 69.4 cm³/mol. The van der Waals surface area contributed by atoms with Crippen molar-refractivity contribution in [2.45, 2.75) is 38.4 Å². The van der Waals surface area contributed by atoms with Crippen molar-refractivity contribution in [1.29, 1.82) is 0 Å². The largest absolute Gasteiger partial charge is 0.302 e. The molecule has 1 saturated heterocycles. The smallest absolute Gasteiger partial charge is 0.216 e. The van der Waals surface area contributed by atoms with Crippen LogP contribution in [-0.2, 0) is 10.0 Å². The number of hydrogen-bond donors (Lipinski definition) is 0. The number of sulfonamides is 1. The second-order valence-corrected chi connectivity index (χ2v) is 8.08. The Bertz CT molecular complexity index is 350. The molecule has 0 N–H and O–H groups in total. The highest BCUT2D eigenvalue weighted by Crippen LogP contribution is 2.30. The second-order valence-electron chi connectivity index (χ2n) is 5.59. The molecule has 0 atom stereocenters. The zero-order valence-corrected chi connectivity index (χ0v) is 11.7. The average molecular weight is 260 g/mol. The van der Waals surface area contributed by atoms with E-state index in [-0.39, 0.29) is 5.25 Å². The van der Waals surface area contributed by atoms with Crippen LogP contribution in [0.4, 0.5) is 0 Å². The van der Waals surface area contributed by atoms with Crippen LogP contribution in [-0.4, -0.2) is 55.6 Å². The van der Waals surface area contributed by atoms with E-state index in [1.165, 1.54) is 19.4 Å². The summed E-state index contributed by atoms with van der Waals surface area (Å²) in [5, 5.41) is -0.294. The van der Waals surface area contributed by atoms with Crippen molar-refractivity contribution >= 4 is 10.0 Å². The van der Waals surface area contributed by atoms with Gasteiger partial charge in [0.1, 0.15) is 0 Å². The van der Waals surface area contributed by atoms with Crippen LogP contribution in [0.15, 0.2) is 0 Å². The fourth-order valence-electron chi connectivity index (χ4n) is 2.35. The van der Waals surface area contributed by atoms with E-state index in [0.29, 0.717) is 13.1 Å². The fraction of sp³-hybridized carbons (Fsp3) is 1.00. The number of hydrogen-bond acceptors (Lipinski definition) is 3. The van der Waals surface area contributed by atoms with Crippen molar-refractivity contribution in [2.24, 2.45) is 5.92 Å². The first-order valence-electron chi connectivity index (χ1n) is 6.71. The van der Waals surface area contributed by atoms with Crippen LogP contribution < -0.4 is 0 Å². The summed E-state index contributed by atoms with van der Waals surface area (Å²) < 4.78 is 25.9. The Balaban J connectivity index is 1.90. The first-order valence-corrected chi connectivity index (χ1v) is 8.22. The first kappa shape index (κ1) is 13.3. The molecule has 5 heteroatoms. The third-order valence-electron chi connectivity index (χ3n) is 3.72. The van der Waals surface area contributed by atoms with E-state index in [1.54, 1.807) is 18.2 Å². The van der Waals surface area contributed by atoms with Gasteiger partial charge in [-0.05, 0) is 45.6 Å². The molecule has 100 valence electrons. The third kappa shape index (κ3) is 3.42. The van der Waals surface area contributed by atoms with Gasteiger partial charge in [-0.15, -0.1) is 0 Å². The highest BCUT2D eigenvalue weighted by atomic mass is 32.2. The zero-order chi connectivity index (χ0) is 12.5. The van der Waals surface area contributed by atoms with E-state index in [9.17, 15) is 8.42 Å². The van der Waals surface area contributed by atoms with Crippen LogP contribution in [0.3, 0.4) is 0 Å². The van der Waals surface area contributed by atoms with Gasteiger partial charge in [0, 0.05) is 26.2 Å². The molecule has 1 aliphatic heterocycles. The maximum absolute atomic E-state index is 12.1. The first-order chi connectivity index (χ1) is 8.00. The van der Waals surface area contributed by atoms with Gasteiger partial charge in [-0.1, -0.05) is 0 Å². The lowest BCUT2D eigenvalue weighted by atomic mass is 10.3. The average Bonchev–Trinajstić information content (AvgIpc) is 3.05. The summed E-state index contributed by atoms with van der Waals surface area (Å²) in [5.41, 5.74) is 0. The van der Waals surface area contributed by atoms with Crippen LogP contribution in [0.5, 0.6) is 0 Å². The second kappa shape index (κ2) is 5.24. The Morgan fingerprint density at radius 3 is 2.41 bits per heavy atom. The maximum atomic E-state index is 12.1. The van der Waals surface area contributed by atoms with Gasteiger partial charge in [0.2, 0.25) is 10.0 Å². The van der Waals surface area contributed by atoms with E-state index >= 15 is 0 Å². The zero-order valence-electron chi connectivity index (χ0n) is 10.9. The molecule has 0 aromatic heterocycles. The van der Waals surface area contributed by atoms with Crippen LogP contribution in [0.25, 0.3) is 0 Å². The lowest BCUT2D eigenvalue weighted by Gasteiger charge is -2.23. The Morgan fingerprint density at radius 1 is 1.12 bits per heavy atom.